The van der Waals surface area contributed by atoms with Crippen LogP contribution in [0, 0.1) is 0 Å². The maximum Gasteiger partial charge on any atom is 0.305 e. The van der Waals surface area contributed by atoms with Crippen molar-refractivity contribution in [3.05, 3.63) is 0 Å². The van der Waals surface area contributed by atoms with Gasteiger partial charge in [-0.1, -0.05) is 34.9 Å². The molecule has 0 aromatic carbocycles. The maximum atomic E-state index is 12.1. The van der Waals surface area contributed by atoms with Gasteiger partial charge in [0.25, 0.3) is 0 Å². The molecule has 2 aliphatic rings. The number of hydrogen-bond acceptors (Lipinski definition) is 9. The maximum absolute atomic E-state index is 12.1. The van der Waals surface area contributed by atoms with Crippen LogP contribution in [0.4, 0.5) is 0 Å². The fraction of sp³-hybridized carbons (Fsp3) is 0.905. The summed E-state index contributed by atoms with van der Waals surface area (Å²) < 4.78 is 11.2. The molecule has 2 unspecified atom stereocenters. The Morgan fingerprint density at radius 2 is 1.90 bits per heavy atom. The van der Waals surface area contributed by atoms with Crippen LogP contribution in [0.15, 0.2) is 0 Å². The van der Waals surface area contributed by atoms with Gasteiger partial charge in [0.05, 0.1) is 12.1 Å². The molecule has 0 radical (unpaired) electrons. The van der Waals surface area contributed by atoms with E-state index in [0.29, 0.717) is 37.4 Å². The number of carbonyl (C=O) groups excluding carboxylic acids is 2. The number of rotatable bonds is 13. The fourth-order valence-corrected chi connectivity index (χ4v) is 6.86. The lowest BCUT2D eigenvalue weighted by Crippen LogP contribution is -2.64. The molecule has 2 saturated heterocycles. The molecule has 0 saturated carbocycles. The third-order valence-electron chi connectivity index (χ3n) is 5.59. The highest BCUT2D eigenvalue weighted by molar-refractivity contribution is 8.77. The van der Waals surface area contributed by atoms with E-state index in [4.69, 9.17) is 14.6 Å². The highest BCUT2D eigenvalue weighted by Gasteiger charge is 2.45. The minimum Gasteiger partial charge on any atom is -0.463 e. The molecule has 6 atom stereocenters. The van der Waals surface area contributed by atoms with Gasteiger partial charge >= 0.3 is 5.97 Å². The highest BCUT2D eigenvalue weighted by Crippen LogP contribution is 2.39. The summed E-state index contributed by atoms with van der Waals surface area (Å²) in [7, 11) is 3.84. The van der Waals surface area contributed by atoms with Gasteiger partial charge in [0.15, 0.2) is 0 Å². The molecular formula is C21H37NO7S2. The second kappa shape index (κ2) is 14.6. The molecule has 8 nitrogen and oxygen atoms in total. The van der Waals surface area contributed by atoms with Crippen molar-refractivity contribution in [1.29, 1.82) is 0 Å². The Bertz CT molecular complexity index is 548. The SMILES string of the molecule is CCCC(=O)N[C@H]1C(CCCO)O[C@H](COC(=O)CCCCC2CCSS2)[C@@H](O)[C@@H]1O. The zero-order valence-electron chi connectivity index (χ0n) is 18.2. The van der Waals surface area contributed by atoms with E-state index in [1.807, 2.05) is 28.5 Å². The topological polar surface area (TPSA) is 125 Å². The van der Waals surface area contributed by atoms with Crippen LogP contribution in [0.2, 0.25) is 0 Å². The van der Waals surface area contributed by atoms with Gasteiger partial charge in [-0.2, -0.15) is 0 Å². The lowest BCUT2D eigenvalue weighted by atomic mass is 9.90. The van der Waals surface area contributed by atoms with Gasteiger partial charge in [0.1, 0.15) is 24.9 Å². The summed E-state index contributed by atoms with van der Waals surface area (Å²) in [5.74, 6) is 0.634. The molecule has 0 aromatic rings. The van der Waals surface area contributed by atoms with Crippen LogP contribution < -0.4 is 5.32 Å². The van der Waals surface area contributed by atoms with Crippen molar-refractivity contribution in [2.45, 2.75) is 100 Å². The van der Waals surface area contributed by atoms with Crippen molar-refractivity contribution in [3.8, 4) is 0 Å². The summed E-state index contributed by atoms with van der Waals surface area (Å²) in [6.07, 6.45) is 2.21. The number of nitrogens with one attached hydrogen (secondary N) is 1. The molecule has 180 valence electrons. The summed E-state index contributed by atoms with van der Waals surface area (Å²) in [4.78, 5) is 24.1. The molecule has 10 heteroatoms. The summed E-state index contributed by atoms with van der Waals surface area (Å²) in [5.41, 5.74) is 0. The summed E-state index contributed by atoms with van der Waals surface area (Å²) in [6.45, 7) is 1.67. The smallest absolute Gasteiger partial charge is 0.305 e. The Morgan fingerprint density at radius 1 is 1.10 bits per heavy atom. The van der Waals surface area contributed by atoms with Crippen LogP contribution in [-0.2, 0) is 19.1 Å². The largest absolute Gasteiger partial charge is 0.463 e. The first-order valence-corrected chi connectivity index (χ1v) is 13.7. The number of aliphatic hydroxyl groups excluding tert-OH is 3. The van der Waals surface area contributed by atoms with Crippen LogP contribution in [0.3, 0.4) is 0 Å². The Balaban J connectivity index is 1.79. The highest BCUT2D eigenvalue weighted by atomic mass is 33.1. The van der Waals surface area contributed by atoms with E-state index >= 15 is 0 Å². The normalized spacial score (nSPS) is 30.8. The van der Waals surface area contributed by atoms with Crippen LogP contribution >= 0.6 is 21.6 Å². The second-order valence-corrected chi connectivity index (χ2v) is 10.9. The third kappa shape index (κ3) is 9.09. The Morgan fingerprint density at radius 3 is 2.58 bits per heavy atom. The molecule has 2 rings (SSSR count). The molecule has 2 fully saturated rings. The van der Waals surface area contributed by atoms with Crippen molar-refractivity contribution in [2.24, 2.45) is 0 Å². The van der Waals surface area contributed by atoms with E-state index in [1.165, 1.54) is 12.2 Å². The third-order valence-corrected chi connectivity index (χ3v) is 8.60. The van der Waals surface area contributed by atoms with E-state index in [2.05, 4.69) is 5.32 Å². The standard InChI is InChI=1S/C21H37NO7S2/c1-2-6-17(24)22-19-15(8-5-11-23)29-16(20(26)21(19)27)13-28-18(25)9-4-3-7-14-10-12-30-31-14/h14-16,19-21,23,26-27H,2-13H2,1H3,(H,22,24)/t14?,15?,16-,19+,20-,21-/m1/s1. The first kappa shape index (κ1) is 26.7. The van der Waals surface area contributed by atoms with Crippen LogP contribution in [0.5, 0.6) is 0 Å². The number of esters is 1. The predicted octanol–water partition coefficient (Wildman–Crippen LogP) is 1.79. The van der Waals surface area contributed by atoms with Crippen LogP contribution in [0.25, 0.3) is 0 Å². The molecule has 0 spiro atoms. The fourth-order valence-electron chi connectivity index (χ4n) is 3.84. The number of amides is 1. The molecule has 0 aliphatic carbocycles. The minimum atomic E-state index is -1.29. The zero-order valence-corrected chi connectivity index (χ0v) is 19.9. The van der Waals surface area contributed by atoms with E-state index in [1.54, 1.807) is 0 Å². The number of carbonyl (C=O) groups is 2. The summed E-state index contributed by atoms with van der Waals surface area (Å²) in [5, 5.41) is 33.6. The lowest BCUT2D eigenvalue weighted by molar-refractivity contribution is -0.203. The number of hydrogen-bond donors (Lipinski definition) is 4. The van der Waals surface area contributed by atoms with Gasteiger partial charge in [0, 0.05) is 30.5 Å². The van der Waals surface area contributed by atoms with Crippen molar-refractivity contribution in [1.82, 2.24) is 5.32 Å². The van der Waals surface area contributed by atoms with E-state index < -0.39 is 30.5 Å². The van der Waals surface area contributed by atoms with Gasteiger partial charge in [-0.15, -0.1) is 0 Å². The van der Waals surface area contributed by atoms with Gasteiger partial charge in [0.2, 0.25) is 5.91 Å². The second-order valence-electron chi connectivity index (χ2n) is 8.16. The van der Waals surface area contributed by atoms with Crippen molar-refractivity contribution >= 4 is 33.5 Å². The molecule has 2 heterocycles. The average Bonchev–Trinajstić information content (AvgIpc) is 3.27. The lowest BCUT2D eigenvalue weighted by Gasteiger charge is -2.43. The summed E-state index contributed by atoms with van der Waals surface area (Å²) in [6, 6.07) is -0.779. The molecule has 31 heavy (non-hydrogen) atoms. The van der Waals surface area contributed by atoms with E-state index in [-0.39, 0.29) is 25.1 Å². The van der Waals surface area contributed by atoms with Gasteiger partial charge in [-0.25, -0.2) is 0 Å². The molecule has 4 N–H and O–H groups in total. The van der Waals surface area contributed by atoms with Crippen molar-refractivity contribution in [2.75, 3.05) is 19.0 Å². The van der Waals surface area contributed by atoms with E-state index in [9.17, 15) is 19.8 Å². The number of unbranched alkanes of at least 4 members (excludes halogenated alkanes) is 1. The number of ether oxygens (including phenoxy) is 2. The van der Waals surface area contributed by atoms with Crippen LogP contribution in [-0.4, -0.2) is 81.9 Å². The van der Waals surface area contributed by atoms with Gasteiger partial charge in [-0.05, 0) is 38.5 Å². The van der Waals surface area contributed by atoms with Crippen molar-refractivity contribution in [3.63, 3.8) is 0 Å². The summed E-state index contributed by atoms with van der Waals surface area (Å²) >= 11 is 0. The molecule has 2 aliphatic heterocycles. The minimum absolute atomic E-state index is 0.0498. The Hall–Kier alpha value is -0.520. The van der Waals surface area contributed by atoms with Gasteiger partial charge < -0.3 is 30.1 Å². The molecular weight excluding hydrogens is 442 g/mol. The Labute approximate surface area is 192 Å². The average molecular weight is 480 g/mol. The molecule has 0 aromatic heterocycles. The first-order valence-electron chi connectivity index (χ1n) is 11.3. The predicted molar refractivity (Wildman–Crippen MR) is 122 cm³/mol. The molecule has 0 bridgehead atoms. The van der Waals surface area contributed by atoms with Crippen LogP contribution in [0.1, 0.15) is 64.7 Å². The van der Waals surface area contributed by atoms with Gasteiger partial charge in [-0.3, -0.25) is 9.59 Å². The monoisotopic (exact) mass is 479 g/mol. The Kier molecular flexibility index (Phi) is 12.6. The van der Waals surface area contributed by atoms with Crippen molar-refractivity contribution < 1.29 is 34.4 Å². The molecule has 1 amide bonds. The first-order chi connectivity index (χ1) is 15.0. The number of aliphatic hydroxyl groups is 3. The quantitative estimate of drug-likeness (QED) is 0.178. The zero-order chi connectivity index (χ0) is 22.6. The van der Waals surface area contributed by atoms with E-state index in [0.717, 1.165) is 19.3 Å².